The van der Waals surface area contributed by atoms with Crippen LogP contribution in [-0.4, -0.2) is 24.0 Å². The molecule has 4 heteroatoms. The molecule has 1 aromatic carbocycles. The largest absolute Gasteiger partial charge is 0.334 e. The Morgan fingerprint density at radius 2 is 1.74 bits per heavy atom. The minimum Gasteiger partial charge on any atom is -0.334 e. The highest BCUT2D eigenvalue weighted by Gasteiger charge is 2.15. The zero-order valence-electron chi connectivity index (χ0n) is 11.4. The Bertz CT molecular complexity index is 412. The Hall–Kier alpha value is -1.55. The van der Waals surface area contributed by atoms with Gasteiger partial charge in [0.15, 0.2) is 0 Å². The molecule has 1 fully saturated rings. The first-order chi connectivity index (χ1) is 9.31. The molecule has 104 valence electrons. The van der Waals surface area contributed by atoms with E-state index in [1.165, 1.54) is 12.8 Å². The van der Waals surface area contributed by atoms with Crippen molar-refractivity contribution in [1.29, 1.82) is 0 Å². The van der Waals surface area contributed by atoms with Crippen LogP contribution in [0.2, 0.25) is 0 Å². The molecule has 0 radical (unpaired) electrons. The maximum Gasteiger partial charge on any atom is 0.317 e. The molecule has 1 aromatic rings. The van der Waals surface area contributed by atoms with Crippen molar-refractivity contribution in [2.75, 3.05) is 13.1 Å². The summed E-state index contributed by atoms with van der Waals surface area (Å²) in [7, 11) is 0. The summed E-state index contributed by atoms with van der Waals surface area (Å²) < 4.78 is 0. The maximum atomic E-state index is 12.1. The molecule has 4 nitrogen and oxygen atoms in total. The van der Waals surface area contributed by atoms with Crippen LogP contribution in [0.1, 0.15) is 36.8 Å². The average molecular weight is 261 g/mol. The van der Waals surface area contributed by atoms with E-state index in [4.69, 9.17) is 5.73 Å². The molecule has 1 aliphatic rings. The lowest BCUT2D eigenvalue weighted by Crippen LogP contribution is -2.40. The molecular formula is C15H23N3O. The summed E-state index contributed by atoms with van der Waals surface area (Å²) in [6.45, 7) is 2.83. The van der Waals surface area contributed by atoms with Gasteiger partial charge in [-0.15, -0.1) is 0 Å². The van der Waals surface area contributed by atoms with Crippen LogP contribution in [0.5, 0.6) is 0 Å². The summed E-state index contributed by atoms with van der Waals surface area (Å²) in [5.74, 6) is 0. The van der Waals surface area contributed by atoms with E-state index in [0.29, 0.717) is 13.1 Å². The average Bonchev–Trinajstić information content (AvgIpc) is 2.74. The predicted molar refractivity (Wildman–Crippen MR) is 76.6 cm³/mol. The van der Waals surface area contributed by atoms with Crippen LogP contribution in [0.15, 0.2) is 24.3 Å². The number of hydrogen-bond donors (Lipinski definition) is 2. The molecule has 1 saturated heterocycles. The third kappa shape index (κ3) is 3.96. The molecule has 0 aliphatic carbocycles. The Morgan fingerprint density at radius 1 is 1.11 bits per heavy atom. The van der Waals surface area contributed by atoms with Crippen molar-refractivity contribution in [1.82, 2.24) is 10.2 Å². The number of benzene rings is 1. The van der Waals surface area contributed by atoms with Crippen LogP contribution in [-0.2, 0) is 13.1 Å². The van der Waals surface area contributed by atoms with Crippen LogP contribution in [0.3, 0.4) is 0 Å². The zero-order chi connectivity index (χ0) is 13.5. The van der Waals surface area contributed by atoms with Gasteiger partial charge in [-0.25, -0.2) is 4.79 Å². The molecule has 0 aromatic heterocycles. The van der Waals surface area contributed by atoms with E-state index >= 15 is 0 Å². The van der Waals surface area contributed by atoms with Crippen LogP contribution in [0.4, 0.5) is 4.79 Å². The van der Waals surface area contributed by atoms with Gasteiger partial charge in [-0.1, -0.05) is 37.1 Å². The summed E-state index contributed by atoms with van der Waals surface area (Å²) in [6.07, 6.45) is 4.71. The normalized spacial score (nSPS) is 15.9. The van der Waals surface area contributed by atoms with E-state index in [0.717, 1.165) is 37.1 Å². The summed E-state index contributed by atoms with van der Waals surface area (Å²) in [6, 6.07) is 8.03. The Morgan fingerprint density at radius 3 is 2.37 bits per heavy atom. The number of urea groups is 1. The zero-order valence-corrected chi connectivity index (χ0v) is 11.4. The topological polar surface area (TPSA) is 58.4 Å². The van der Waals surface area contributed by atoms with Gasteiger partial charge in [0.2, 0.25) is 0 Å². The van der Waals surface area contributed by atoms with Gasteiger partial charge in [0, 0.05) is 26.2 Å². The van der Waals surface area contributed by atoms with Crippen LogP contribution < -0.4 is 11.1 Å². The number of likely N-dealkylation sites (tertiary alicyclic amines) is 1. The van der Waals surface area contributed by atoms with Gasteiger partial charge in [-0.3, -0.25) is 0 Å². The second-order valence-corrected chi connectivity index (χ2v) is 5.03. The second kappa shape index (κ2) is 7.14. The fourth-order valence-electron chi connectivity index (χ4n) is 2.49. The van der Waals surface area contributed by atoms with Crippen molar-refractivity contribution in [3.8, 4) is 0 Å². The van der Waals surface area contributed by atoms with Crippen molar-refractivity contribution in [3.05, 3.63) is 35.4 Å². The number of carbonyl (C=O) groups is 1. The number of nitrogens with zero attached hydrogens (tertiary/aromatic N) is 1. The van der Waals surface area contributed by atoms with Gasteiger partial charge in [0.25, 0.3) is 0 Å². The van der Waals surface area contributed by atoms with E-state index in [1.54, 1.807) is 0 Å². The van der Waals surface area contributed by atoms with Crippen molar-refractivity contribution in [2.24, 2.45) is 5.73 Å². The third-order valence-electron chi connectivity index (χ3n) is 3.66. The minimum atomic E-state index is 0.0497. The number of nitrogens with one attached hydrogen (secondary N) is 1. The highest BCUT2D eigenvalue weighted by molar-refractivity contribution is 5.74. The Labute approximate surface area is 115 Å². The molecule has 0 atom stereocenters. The van der Waals surface area contributed by atoms with E-state index in [2.05, 4.69) is 5.32 Å². The first-order valence-corrected chi connectivity index (χ1v) is 7.11. The summed E-state index contributed by atoms with van der Waals surface area (Å²) in [5.41, 5.74) is 7.90. The molecule has 2 rings (SSSR count). The van der Waals surface area contributed by atoms with Crippen molar-refractivity contribution in [2.45, 2.75) is 38.8 Å². The van der Waals surface area contributed by atoms with Crippen molar-refractivity contribution in [3.63, 3.8) is 0 Å². The summed E-state index contributed by atoms with van der Waals surface area (Å²) >= 11 is 0. The first-order valence-electron chi connectivity index (χ1n) is 7.11. The van der Waals surface area contributed by atoms with Gasteiger partial charge >= 0.3 is 6.03 Å². The molecular weight excluding hydrogens is 238 g/mol. The van der Waals surface area contributed by atoms with Crippen molar-refractivity contribution >= 4 is 6.03 Å². The van der Waals surface area contributed by atoms with Crippen LogP contribution >= 0.6 is 0 Å². The minimum absolute atomic E-state index is 0.0497. The quantitative estimate of drug-likeness (QED) is 0.876. The molecule has 0 saturated carbocycles. The van der Waals surface area contributed by atoms with Gasteiger partial charge < -0.3 is 16.0 Å². The molecule has 1 aliphatic heterocycles. The maximum absolute atomic E-state index is 12.1. The number of nitrogens with two attached hydrogens (primary N) is 1. The van der Waals surface area contributed by atoms with Crippen LogP contribution in [0.25, 0.3) is 0 Å². The second-order valence-electron chi connectivity index (χ2n) is 5.03. The third-order valence-corrected chi connectivity index (χ3v) is 3.66. The molecule has 0 bridgehead atoms. The number of rotatable bonds is 3. The molecule has 0 spiro atoms. The molecule has 19 heavy (non-hydrogen) atoms. The molecule has 0 unspecified atom stereocenters. The highest BCUT2D eigenvalue weighted by atomic mass is 16.2. The summed E-state index contributed by atoms with van der Waals surface area (Å²) in [4.78, 5) is 14.0. The highest BCUT2D eigenvalue weighted by Crippen LogP contribution is 2.11. The molecule has 1 heterocycles. The monoisotopic (exact) mass is 261 g/mol. The fraction of sp³-hybridized carbons (Fsp3) is 0.533. The van der Waals surface area contributed by atoms with Gasteiger partial charge in [0.05, 0.1) is 0 Å². The lowest BCUT2D eigenvalue weighted by molar-refractivity contribution is 0.199. The van der Waals surface area contributed by atoms with E-state index in [1.807, 2.05) is 29.2 Å². The van der Waals surface area contributed by atoms with Crippen LogP contribution in [0, 0.1) is 0 Å². The lowest BCUT2D eigenvalue weighted by atomic mass is 10.1. The Kier molecular flexibility index (Phi) is 5.21. The number of hydrogen-bond acceptors (Lipinski definition) is 2. The van der Waals surface area contributed by atoms with E-state index < -0.39 is 0 Å². The Balaban J connectivity index is 1.88. The predicted octanol–water partition coefficient (Wildman–Crippen LogP) is 2.23. The number of carbonyl (C=O) groups excluding carboxylic acids is 1. The molecule has 2 amide bonds. The smallest absolute Gasteiger partial charge is 0.317 e. The standard InChI is InChI=1S/C15H23N3O/c16-11-13-7-3-4-8-14(13)12-17-15(19)18-9-5-1-2-6-10-18/h3-4,7-8H,1-2,5-6,9-12,16H2,(H,17,19). The van der Waals surface area contributed by atoms with Gasteiger partial charge in [-0.05, 0) is 24.0 Å². The van der Waals surface area contributed by atoms with Crippen molar-refractivity contribution < 1.29 is 4.79 Å². The lowest BCUT2D eigenvalue weighted by Gasteiger charge is -2.21. The van der Waals surface area contributed by atoms with E-state index in [9.17, 15) is 4.79 Å². The molecule has 3 N–H and O–H groups in total. The van der Waals surface area contributed by atoms with Gasteiger partial charge in [-0.2, -0.15) is 0 Å². The van der Waals surface area contributed by atoms with Gasteiger partial charge in [0.1, 0.15) is 0 Å². The van der Waals surface area contributed by atoms with E-state index in [-0.39, 0.29) is 6.03 Å². The summed E-state index contributed by atoms with van der Waals surface area (Å²) in [5, 5.41) is 3.00. The number of amides is 2. The SMILES string of the molecule is NCc1ccccc1CNC(=O)N1CCCCCC1. The fourth-order valence-corrected chi connectivity index (χ4v) is 2.49. The first kappa shape index (κ1) is 13.9.